The number of nitrogens with zero attached hydrogens (tertiary/aromatic N) is 2. The fraction of sp³-hybridized carbons (Fsp3) is 0.150. The molecule has 1 aromatic heterocycles. The summed E-state index contributed by atoms with van der Waals surface area (Å²) < 4.78 is 1.45. The molecule has 0 fully saturated rings. The van der Waals surface area contributed by atoms with E-state index in [9.17, 15) is 14.7 Å². The summed E-state index contributed by atoms with van der Waals surface area (Å²) in [4.78, 5) is 29.4. The predicted octanol–water partition coefficient (Wildman–Crippen LogP) is 3.48. The van der Waals surface area contributed by atoms with Crippen molar-refractivity contribution in [3.63, 3.8) is 0 Å². The Balaban J connectivity index is 1.98. The van der Waals surface area contributed by atoms with Crippen LogP contribution in [-0.4, -0.2) is 26.2 Å². The van der Waals surface area contributed by atoms with Crippen LogP contribution in [0.5, 0.6) is 5.88 Å². The largest absolute Gasteiger partial charge is 0.493 e. The molecule has 0 unspecified atom stereocenters. The first-order chi connectivity index (χ1) is 12.6. The average Bonchev–Trinajstić information content (AvgIpc) is 2.67. The zero-order valence-corrected chi connectivity index (χ0v) is 15.1. The van der Waals surface area contributed by atoms with E-state index in [1.807, 2.05) is 24.3 Å². The molecule has 0 spiro atoms. The summed E-state index contributed by atoms with van der Waals surface area (Å²) in [5.74, 6) is -0.225. The minimum Gasteiger partial charge on any atom is -0.493 e. The monoisotopic (exact) mass is 366 g/mol. The second-order valence-electron chi connectivity index (χ2n) is 5.60. The quantitative estimate of drug-likeness (QED) is 0.411. The molecule has 132 valence electrons. The summed E-state index contributed by atoms with van der Waals surface area (Å²) in [6.07, 6.45) is 0.373. The number of carbonyl (C=O) groups is 1. The molecular formula is C20H18N2O3S. The van der Waals surface area contributed by atoms with Crippen LogP contribution in [0, 0.1) is 0 Å². The number of rotatable bonds is 6. The lowest BCUT2D eigenvalue weighted by atomic mass is 10.2. The van der Waals surface area contributed by atoms with Gasteiger partial charge < -0.3 is 5.11 Å². The highest BCUT2D eigenvalue weighted by Gasteiger charge is 2.18. The maximum atomic E-state index is 12.8. The fourth-order valence-corrected chi connectivity index (χ4v) is 3.47. The van der Waals surface area contributed by atoms with Gasteiger partial charge in [0.2, 0.25) is 5.88 Å². The van der Waals surface area contributed by atoms with Gasteiger partial charge in [-0.15, -0.1) is 0 Å². The number of aromatic hydroxyl groups is 1. The lowest BCUT2D eigenvalue weighted by Crippen LogP contribution is -2.25. The molecule has 2 aromatic carbocycles. The maximum absolute atomic E-state index is 12.8. The lowest BCUT2D eigenvalue weighted by Gasteiger charge is -2.14. The van der Waals surface area contributed by atoms with Gasteiger partial charge in [0.15, 0.2) is 10.9 Å². The Morgan fingerprint density at radius 1 is 1.08 bits per heavy atom. The van der Waals surface area contributed by atoms with Crippen molar-refractivity contribution in [2.75, 3.05) is 5.75 Å². The first-order valence-corrected chi connectivity index (χ1v) is 9.21. The zero-order valence-electron chi connectivity index (χ0n) is 14.3. The van der Waals surface area contributed by atoms with Crippen LogP contribution in [0.4, 0.5) is 0 Å². The Kier molecular flexibility index (Phi) is 5.53. The van der Waals surface area contributed by atoms with Crippen LogP contribution >= 0.6 is 11.8 Å². The van der Waals surface area contributed by atoms with Crippen LogP contribution in [0.2, 0.25) is 0 Å². The van der Waals surface area contributed by atoms with Crippen LogP contribution in [-0.2, 0) is 6.42 Å². The first-order valence-electron chi connectivity index (χ1n) is 8.23. The molecular weight excluding hydrogens is 348 g/mol. The van der Waals surface area contributed by atoms with Gasteiger partial charge in [-0.05, 0) is 18.6 Å². The molecule has 3 rings (SSSR count). The van der Waals surface area contributed by atoms with Gasteiger partial charge in [0, 0.05) is 5.56 Å². The molecule has 6 heteroatoms. The smallest absolute Gasteiger partial charge is 0.265 e. The topological polar surface area (TPSA) is 72.2 Å². The Bertz CT molecular complexity index is 970. The van der Waals surface area contributed by atoms with E-state index in [0.717, 1.165) is 11.8 Å². The van der Waals surface area contributed by atoms with E-state index in [1.165, 1.54) is 4.57 Å². The number of para-hydroxylation sites is 1. The Hall–Kier alpha value is -2.86. The number of thioether (sulfide) groups is 1. The summed E-state index contributed by atoms with van der Waals surface area (Å²) in [6.45, 7) is 1.79. The summed E-state index contributed by atoms with van der Waals surface area (Å²) >= 11 is 1.13. The lowest BCUT2D eigenvalue weighted by molar-refractivity contribution is 0.102. The minimum absolute atomic E-state index is 0.0662. The molecule has 1 heterocycles. The van der Waals surface area contributed by atoms with E-state index in [4.69, 9.17) is 0 Å². The van der Waals surface area contributed by atoms with Crippen molar-refractivity contribution in [1.29, 1.82) is 0 Å². The first kappa shape index (κ1) is 17.9. The number of hydrogen-bond acceptors (Lipinski definition) is 5. The summed E-state index contributed by atoms with van der Waals surface area (Å²) in [5, 5.41) is 10.4. The van der Waals surface area contributed by atoms with Gasteiger partial charge in [-0.3, -0.25) is 14.2 Å². The molecule has 0 saturated heterocycles. The van der Waals surface area contributed by atoms with Crippen LogP contribution < -0.4 is 5.56 Å². The van der Waals surface area contributed by atoms with Crippen molar-refractivity contribution in [2.45, 2.75) is 18.5 Å². The van der Waals surface area contributed by atoms with Crippen molar-refractivity contribution in [2.24, 2.45) is 0 Å². The molecule has 5 nitrogen and oxygen atoms in total. The molecule has 0 aliphatic carbocycles. The second-order valence-corrected chi connectivity index (χ2v) is 6.55. The number of Topliss-reactive ketones (excluding diaryl/α,β-unsaturated/α-hetero) is 1. The van der Waals surface area contributed by atoms with Crippen molar-refractivity contribution in [3.8, 4) is 11.6 Å². The Morgan fingerprint density at radius 3 is 2.31 bits per heavy atom. The van der Waals surface area contributed by atoms with Gasteiger partial charge in [-0.25, -0.2) is 0 Å². The van der Waals surface area contributed by atoms with E-state index in [2.05, 4.69) is 4.98 Å². The van der Waals surface area contributed by atoms with E-state index in [0.29, 0.717) is 22.8 Å². The Labute approximate surface area is 155 Å². The molecule has 0 bridgehead atoms. The fourth-order valence-electron chi connectivity index (χ4n) is 2.57. The third kappa shape index (κ3) is 3.70. The summed E-state index contributed by atoms with van der Waals surface area (Å²) in [7, 11) is 0. The van der Waals surface area contributed by atoms with Crippen LogP contribution in [0.1, 0.15) is 22.8 Å². The van der Waals surface area contributed by atoms with Crippen molar-refractivity contribution < 1.29 is 9.90 Å². The third-order valence-electron chi connectivity index (χ3n) is 3.92. The molecule has 26 heavy (non-hydrogen) atoms. The number of aromatic nitrogens is 2. The van der Waals surface area contributed by atoms with Crippen LogP contribution in [0.15, 0.2) is 70.6 Å². The predicted molar refractivity (Wildman–Crippen MR) is 102 cm³/mol. The van der Waals surface area contributed by atoms with Crippen molar-refractivity contribution in [1.82, 2.24) is 9.55 Å². The minimum atomic E-state index is -0.319. The molecule has 0 aliphatic heterocycles. The van der Waals surface area contributed by atoms with E-state index in [1.54, 1.807) is 43.3 Å². The second kappa shape index (κ2) is 8.01. The highest BCUT2D eigenvalue weighted by atomic mass is 32.2. The highest BCUT2D eigenvalue weighted by molar-refractivity contribution is 7.99. The van der Waals surface area contributed by atoms with Crippen LogP contribution in [0.3, 0.4) is 0 Å². The number of carbonyl (C=O) groups excluding carboxylic acids is 1. The molecule has 0 atom stereocenters. The zero-order chi connectivity index (χ0) is 18.5. The Morgan fingerprint density at radius 2 is 1.69 bits per heavy atom. The normalized spacial score (nSPS) is 10.7. The van der Waals surface area contributed by atoms with Gasteiger partial charge in [0.25, 0.3) is 5.56 Å². The standard InChI is InChI=1S/C20H18N2O3S/c1-2-16-18(24)21-20(22(19(16)25)15-11-7-4-8-12-15)26-13-17(23)14-9-5-3-6-10-14/h3-12,24H,2,13H2,1H3. The average molecular weight is 366 g/mol. The maximum Gasteiger partial charge on any atom is 0.265 e. The molecule has 1 N–H and O–H groups in total. The molecule has 0 radical (unpaired) electrons. The van der Waals surface area contributed by atoms with E-state index in [-0.39, 0.29) is 28.5 Å². The van der Waals surface area contributed by atoms with Crippen LogP contribution in [0.25, 0.3) is 5.69 Å². The molecule has 0 aliphatic rings. The van der Waals surface area contributed by atoms with Gasteiger partial charge in [0.1, 0.15) is 0 Å². The van der Waals surface area contributed by atoms with Crippen molar-refractivity contribution in [3.05, 3.63) is 82.1 Å². The van der Waals surface area contributed by atoms with E-state index >= 15 is 0 Å². The van der Waals surface area contributed by atoms with Gasteiger partial charge in [0.05, 0.1) is 17.0 Å². The third-order valence-corrected chi connectivity index (χ3v) is 4.86. The van der Waals surface area contributed by atoms with Gasteiger partial charge in [-0.1, -0.05) is 67.2 Å². The number of ketones is 1. The molecule has 3 aromatic rings. The molecule has 0 amide bonds. The number of hydrogen-bond donors (Lipinski definition) is 1. The molecule has 0 saturated carbocycles. The SMILES string of the molecule is CCc1c(O)nc(SCC(=O)c2ccccc2)n(-c2ccccc2)c1=O. The van der Waals surface area contributed by atoms with Gasteiger partial charge >= 0.3 is 0 Å². The summed E-state index contributed by atoms with van der Waals surface area (Å²) in [6, 6.07) is 18.0. The highest BCUT2D eigenvalue weighted by Crippen LogP contribution is 2.23. The van der Waals surface area contributed by atoms with E-state index < -0.39 is 0 Å². The van der Waals surface area contributed by atoms with Crippen molar-refractivity contribution >= 4 is 17.5 Å². The number of benzene rings is 2. The van der Waals surface area contributed by atoms with Gasteiger partial charge in [-0.2, -0.15) is 4.98 Å². The summed E-state index contributed by atoms with van der Waals surface area (Å²) in [5.41, 5.74) is 1.19.